The van der Waals surface area contributed by atoms with Gasteiger partial charge in [0.15, 0.2) is 0 Å². The molecule has 2 N–H and O–H groups in total. The number of fused-ring (bicyclic) bond motifs is 1. The van der Waals surface area contributed by atoms with Crippen LogP contribution in [0.5, 0.6) is 0 Å². The third kappa shape index (κ3) is 5.95. The molecule has 0 radical (unpaired) electrons. The summed E-state index contributed by atoms with van der Waals surface area (Å²) in [6.45, 7) is 5.39. The molecule has 0 amide bonds. The van der Waals surface area contributed by atoms with Gasteiger partial charge in [-0.1, -0.05) is 50.1 Å². The first-order valence-electron chi connectivity index (χ1n) is 8.24. The van der Waals surface area contributed by atoms with Gasteiger partial charge in [0.25, 0.3) is 0 Å². The van der Waals surface area contributed by atoms with Gasteiger partial charge in [-0.3, -0.25) is 0 Å². The topological polar surface area (TPSA) is 58.3 Å². The molecular formula is C19H22ClF3N2O2. The van der Waals surface area contributed by atoms with Crippen molar-refractivity contribution in [3.05, 3.63) is 58.7 Å². The van der Waals surface area contributed by atoms with Gasteiger partial charge in [-0.15, -0.1) is 0 Å². The third-order valence-corrected chi connectivity index (χ3v) is 3.65. The highest BCUT2D eigenvalue weighted by molar-refractivity contribution is 6.34. The van der Waals surface area contributed by atoms with E-state index in [-0.39, 0.29) is 5.52 Å². The van der Waals surface area contributed by atoms with Crippen LogP contribution in [0, 0.1) is 6.92 Å². The first kappa shape index (κ1) is 23.0. The second-order valence-electron chi connectivity index (χ2n) is 5.57. The van der Waals surface area contributed by atoms with Crippen LogP contribution >= 0.6 is 11.6 Å². The Kier molecular flexibility index (Phi) is 8.75. The summed E-state index contributed by atoms with van der Waals surface area (Å²) < 4.78 is 39.7. The van der Waals surface area contributed by atoms with Crippen molar-refractivity contribution in [2.24, 2.45) is 0 Å². The molecule has 1 aromatic heterocycles. The SMILES string of the molecule is CCC.Cc1ccccc1-n1nc2cc(C(F)(F)F)ccc2c1Cl.OCO. The number of alkyl halides is 3. The smallest absolute Gasteiger partial charge is 0.371 e. The number of benzene rings is 2. The van der Waals surface area contributed by atoms with E-state index in [0.29, 0.717) is 10.5 Å². The van der Waals surface area contributed by atoms with E-state index in [1.165, 1.54) is 17.2 Å². The van der Waals surface area contributed by atoms with E-state index in [4.69, 9.17) is 21.8 Å². The predicted octanol–water partition coefficient (Wildman–Crippen LogP) is 5.35. The normalized spacial score (nSPS) is 10.7. The van der Waals surface area contributed by atoms with Gasteiger partial charge in [-0.2, -0.15) is 18.3 Å². The highest BCUT2D eigenvalue weighted by Crippen LogP contribution is 2.34. The fourth-order valence-electron chi connectivity index (χ4n) is 2.19. The van der Waals surface area contributed by atoms with Crippen LogP contribution < -0.4 is 0 Å². The summed E-state index contributed by atoms with van der Waals surface area (Å²) in [7, 11) is 0. The van der Waals surface area contributed by atoms with E-state index >= 15 is 0 Å². The second-order valence-corrected chi connectivity index (χ2v) is 5.93. The van der Waals surface area contributed by atoms with Gasteiger partial charge in [-0.25, -0.2) is 4.68 Å². The van der Waals surface area contributed by atoms with Crippen LogP contribution in [0.25, 0.3) is 16.6 Å². The minimum atomic E-state index is -4.40. The Hall–Kier alpha value is -2.09. The molecule has 0 saturated heterocycles. The number of para-hydroxylation sites is 1. The van der Waals surface area contributed by atoms with Gasteiger partial charge in [-0.05, 0) is 36.8 Å². The molecule has 2 aromatic carbocycles. The summed E-state index contributed by atoms with van der Waals surface area (Å²) in [4.78, 5) is 0. The predicted molar refractivity (Wildman–Crippen MR) is 101 cm³/mol. The van der Waals surface area contributed by atoms with Crippen LogP contribution in [0.1, 0.15) is 31.4 Å². The van der Waals surface area contributed by atoms with E-state index in [1.54, 1.807) is 0 Å². The van der Waals surface area contributed by atoms with Gasteiger partial charge in [0.2, 0.25) is 0 Å². The Morgan fingerprint density at radius 2 is 1.63 bits per heavy atom. The number of hydrogen-bond acceptors (Lipinski definition) is 3. The second kappa shape index (κ2) is 10.3. The van der Waals surface area contributed by atoms with Crippen molar-refractivity contribution in [2.45, 2.75) is 33.4 Å². The monoisotopic (exact) mass is 402 g/mol. The minimum Gasteiger partial charge on any atom is -0.371 e. The minimum absolute atomic E-state index is 0.220. The van der Waals surface area contributed by atoms with E-state index in [9.17, 15) is 13.2 Å². The van der Waals surface area contributed by atoms with Crippen LogP contribution in [-0.2, 0) is 6.18 Å². The van der Waals surface area contributed by atoms with E-state index < -0.39 is 18.5 Å². The van der Waals surface area contributed by atoms with Crippen molar-refractivity contribution in [1.29, 1.82) is 0 Å². The lowest BCUT2D eigenvalue weighted by Gasteiger charge is -2.05. The van der Waals surface area contributed by atoms with Gasteiger partial charge >= 0.3 is 6.18 Å². The molecule has 1 heterocycles. The molecule has 0 spiro atoms. The lowest BCUT2D eigenvalue weighted by Crippen LogP contribution is -2.04. The Morgan fingerprint density at radius 3 is 2.15 bits per heavy atom. The van der Waals surface area contributed by atoms with Crippen LogP contribution in [-0.4, -0.2) is 26.8 Å². The highest BCUT2D eigenvalue weighted by Gasteiger charge is 2.31. The zero-order valence-electron chi connectivity index (χ0n) is 15.3. The average Bonchev–Trinajstić information content (AvgIpc) is 2.92. The molecule has 0 aliphatic heterocycles. The standard InChI is InChI=1S/C15H10ClF3N2.C3H8.CH4O2/c1-9-4-2-3-5-13(9)21-14(16)11-7-6-10(15(17,18)19)8-12(11)20-21;1-3-2;2-1-3/h2-8H,1H3;3H2,1-2H3;2-3H,1H2. The lowest BCUT2D eigenvalue weighted by molar-refractivity contribution is -0.137. The maximum absolute atomic E-state index is 12.7. The van der Waals surface area contributed by atoms with Gasteiger partial charge in [0, 0.05) is 5.39 Å². The first-order chi connectivity index (χ1) is 12.7. The molecule has 8 heteroatoms. The molecule has 3 rings (SSSR count). The number of hydrogen-bond donors (Lipinski definition) is 2. The number of nitrogens with zero attached hydrogens (tertiary/aromatic N) is 2. The molecule has 0 fully saturated rings. The van der Waals surface area contributed by atoms with Crippen molar-refractivity contribution >= 4 is 22.5 Å². The largest absolute Gasteiger partial charge is 0.416 e. The van der Waals surface area contributed by atoms with Gasteiger partial charge in [0.1, 0.15) is 11.9 Å². The van der Waals surface area contributed by atoms with Crippen LogP contribution in [0.15, 0.2) is 42.5 Å². The van der Waals surface area contributed by atoms with E-state index in [0.717, 1.165) is 23.4 Å². The van der Waals surface area contributed by atoms with E-state index in [1.807, 2.05) is 31.2 Å². The lowest BCUT2D eigenvalue weighted by atomic mass is 10.1. The fraction of sp³-hybridized carbons (Fsp3) is 0.316. The maximum Gasteiger partial charge on any atom is 0.416 e. The van der Waals surface area contributed by atoms with Crippen LogP contribution in [0.2, 0.25) is 5.15 Å². The van der Waals surface area contributed by atoms with Crippen molar-refractivity contribution in [3.63, 3.8) is 0 Å². The quantitative estimate of drug-likeness (QED) is 0.539. The average molecular weight is 403 g/mol. The molecule has 27 heavy (non-hydrogen) atoms. The molecule has 0 aliphatic rings. The summed E-state index contributed by atoms with van der Waals surface area (Å²) in [5.41, 5.74) is 1.16. The zero-order valence-corrected chi connectivity index (χ0v) is 16.0. The molecule has 4 nitrogen and oxygen atoms in total. The Balaban J connectivity index is 0.000000540. The number of aromatic nitrogens is 2. The molecule has 0 unspecified atom stereocenters. The van der Waals surface area contributed by atoms with Crippen molar-refractivity contribution in [2.75, 3.05) is 6.79 Å². The number of aryl methyl sites for hydroxylation is 1. The summed E-state index contributed by atoms with van der Waals surface area (Å²) in [6, 6.07) is 10.8. The Bertz CT molecular complexity index is 862. The Morgan fingerprint density at radius 1 is 1.07 bits per heavy atom. The molecule has 0 saturated carbocycles. The Labute approximate surface area is 160 Å². The van der Waals surface area contributed by atoms with Crippen molar-refractivity contribution in [1.82, 2.24) is 9.78 Å². The summed E-state index contributed by atoms with van der Waals surface area (Å²) in [5.74, 6) is 0. The molecule has 0 aliphatic carbocycles. The number of aliphatic hydroxyl groups is 2. The van der Waals surface area contributed by atoms with Crippen molar-refractivity contribution in [3.8, 4) is 5.69 Å². The molecule has 0 atom stereocenters. The maximum atomic E-state index is 12.7. The van der Waals surface area contributed by atoms with Gasteiger partial charge < -0.3 is 10.2 Å². The van der Waals surface area contributed by atoms with Gasteiger partial charge in [0.05, 0.1) is 16.8 Å². The zero-order chi connectivity index (χ0) is 20.6. The summed E-state index contributed by atoms with van der Waals surface area (Å²) in [5, 5.41) is 19.2. The fourth-order valence-corrected chi connectivity index (χ4v) is 2.48. The number of halogens is 4. The summed E-state index contributed by atoms with van der Waals surface area (Å²) in [6.07, 6.45) is -3.15. The molecular weight excluding hydrogens is 381 g/mol. The van der Waals surface area contributed by atoms with Crippen molar-refractivity contribution < 1.29 is 23.4 Å². The molecule has 0 bridgehead atoms. The first-order valence-corrected chi connectivity index (χ1v) is 8.62. The number of aliphatic hydroxyl groups excluding tert-OH is 1. The van der Waals surface area contributed by atoms with Crippen LogP contribution in [0.4, 0.5) is 13.2 Å². The highest BCUT2D eigenvalue weighted by atomic mass is 35.5. The number of rotatable bonds is 1. The van der Waals surface area contributed by atoms with E-state index in [2.05, 4.69) is 18.9 Å². The molecule has 148 valence electrons. The summed E-state index contributed by atoms with van der Waals surface area (Å²) >= 11 is 6.25. The molecule has 3 aromatic rings. The third-order valence-electron chi connectivity index (χ3n) is 3.28. The van der Waals surface area contributed by atoms with Crippen LogP contribution in [0.3, 0.4) is 0 Å².